The molecule has 1 aliphatic heterocycles. The van der Waals surface area contributed by atoms with Crippen molar-refractivity contribution in [2.24, 2.45) is 0 Å². The molecule has 1 aromatic heterocycles. The van der Waals surface area contributed by atoms with Gasteiger partial charge in [0.2, 0.25) is 11.7 Å². The van der Waals surface area contributed by atoms with Crippen LogP contribution in [0.15, 0.2) is 53.6 Å². The molecule has 0 radical (unpaired) electrons. The standard InChI is InChI=1S/C21H18F3N3OS/c1-13(19(28)27-11-10-14-6-2-3-7-15(14)12-27)29-18-16-8-4-5-9-17(16)25-20(26-18)21(22,23)24/h2-9,13H,10-12H2,1H3. The molecule has 29 heavy (non-hydrogen) atoms. The highest BCUT2D eigenvalue weighted by Crippen LogP contribution is 2.34. The lowest BCUT2D eigenvalue weighted by Gasteiger charge is -2.30. The number of carbonyl (C=O) groups is 1. The van der Waals surface area contributed by atoms with Crippen molar-refractivity contribution < 1.29 is 18.0 Å². The third-order valence-electron chi connectivity index (χ3n) is 4.90. The first-order valence-corrected chi connectivity index (χ1v) is 10.1. The largest absolute Gasteiger partial charge is 0.451 e. The lowest BCUT2D eigenvalue weighted by atomic mass is 10.00. The van der Waals surface area contributed by atoms with Crippen molar-refractivity contribution in [1.82, 2.24) is 14.9 Å². The van der Waals surface area contributed by atoms with Crippen molar-refractivity contribution in [3.05, 3.63) is 65.5 Å². The van der Waals surface area contributed by atoms with Crippen LogP contribution in [0.25, 0.3) is 10.9 Å². The van der Waals surface area contributed by atoms with Gasteiger partial charge in [0.05, 0.1) is 10.8 Å². The van der Waals surface area contributed by atoms with E-state index < -0.39 is 17.3 Å². The van der Waals surface area contributed by atoms with Gasteiger partial charge in [-0.2, -0.15) is 13.2 Å². The highest BCUT2D eigenvalue weighted by molar-refractivity contribution is 8.00. The van der Waals surface area contributed by atoms with Crippen LogP contribution in [0.4, 0.5) is 13.2 Å². The van der Waals surface area contributed by atoms with Crippen molar-refractivity contribution in [1.29, 1.82) is 0 Å². The summed E-state index contributed by atoms with van der Waals surface area (Å²) in [7, 11) is 0. The molecule has 0 bridgehead atoms. The quantitative estimate of drug-likeness (QED) is 0.457. The van der Waals surface area contributed by atoms with Gasteiger partial charge in [-0.3, -0.25) is 4.79 Å². The van der Waals surface area contributed by atoms with Crippen LogP contribution >= 0.6 is 11.8 Å². The van der Waals surface area contributed by atoms with E-state index in [-0.39, 0.29) is 16.4 Å². The molecule has 0 spiro atoms. The molecule has 3 aromatic rings. The van der Waals surface area contributed by atoms with Crippen molar-refractivity contribution in [2.45, 2.75) is 36.3 Å². The molecule has 0 N–H and O–H groups in total. The molecule has 0 saturated heterocycles. The minimum Gasteiger partial charge on any atom is -0.337 e. The van der Waals surface area contributed by atoms with Gasteiger partial charge in [0.25, 0.3) is 0 Å². The summed E-state index contributed by atoms with van der Waals surface area (Å²) >= 11 is 1.04. The highest BCUT2D eigenvalue weighted by atomic mass is 32.2. The zero-order valence-electron chi connectivity index (χ0n) is 15.6. The number of para-hydroxylation sites is 1. The molecule has 1 amide bonds. The number of carbonyl (C=O) groups excluding carboxylic acids is 1. The smallest absolute Gasteiger partial charge is 0.337 e. The Bertz CT molecular complexity index is 1070. The summed E-state index contributed by atoms with van der Waals surface area (Å²) in [6.07, 6.45) is -3.88. The number of thioether (sulfide) groups is 1. The molecule has 1 atom stereocenters. The van der Waals surface area contributed by atoms with Crippen LogP contribution in [0.1, 0.15) is 23.9 Å². The van der Waals surface area contributed by atoms with Gasteiger partial charge in [0.15, 0.2) is 0 Å². The number of hydrogen-bond donors (Lipinski definition) is 0. The highest BCUT2D eigenvalue weighted by Gasteiger charge is 2.36. The lowest BCUT2D eigenvalue weighted by Crippen LogP contribution is -2.40. The second-order valence-corrected chi connectivity index (χ2v) is 8.24. The van der Waals surface area contributed by atoms with E-state index in [1.165, 1.54) is 11.6 Å². The predicted molar refractivity (Wildman–Crippen MR) is 105 cm³/mol. The lowest BCUT2D eigenvalue weighted by molar-refractivity contribution is -0.145. The number of alkyl halides is 3. The predicted octanol–water partition coefficient (Wildman–Crippen LogP) is 4.71. The van der Waals surface area contributed by atoms with Crippen LogP contribution in [-0.4, -0.2) is 32.6 Å². The second-order valence-electron chi connectivity index (χ2n) is 6.91. The summed E-state index contributed by atoms with van der Waals surface area (Å²) in [4.78, 5) is 22.1. The van der Waals surface area contributed by atoms with E-state index in [1.54, 1.807) is 30.0 Å². The second kappa shape index (κ2) is 7.67. The SMILES string of the molecule is CC(Sc1nc(C(F)(F)F)nc2ccccc12)C(=O)N1CCc2ccccc2C1. The molecular weight excluding hydrogens is 399 g/mol. The van der Waals surface area contributed by atoms with Gasteiger partial charge < -0.3 is 4.90 Å². The average molecular weight is 417 g/mol. The number of fused-ring (bicyclic) bond motifs is 2. The minimum absolute atomic E-state index is 0.110. The molecule has 4 nitrogen and oxygen atoms in total. The molecule has 0 aliphatic carbocycles. The Hall–Kier alpha value is -2.61. The normalized spacial score (nSPS) is 15.2. The summed E-state index contributed by atoms with van der Waals surface area (Å²) in [6, 6.07) is 14.5. The van der Waals surface area contributed by atoms with E-state index in [0.717, 1.165) is 23.7 Å². The molecule has 150 valence electrons. The van der Waals surface area contributed by atoms with E-state index in [2.05, 4.69) is 16.0 Å². The maximum Gasteiger partial charge on any atom is 0.451 e. The monoisotopic (exact) mass is 417 g/mol. The van der Waals surface area contributed by atoms with E-state index in [4.69, 9.17) is 0 Å². The number of nitrogens with zero attached hydrogens (tertiary/aromatic N) is 3. The number of halogens is 3. The van der Waals surface area contributed by atoms with Crippen LogP contribution < -0.4 is 0 Å². The van der Waals surface area contributed by atoms with Crippen LogP contribution in [-0.2, 0) is 23.9 Å². The zero-order chi connectivity index (χ0) is 20.6. The van der Waals surface area contributed by atoms with E-state index in [0.29, 0.717) is 18.5 Å². The summed E-state index contributed by atoms with van der Waals surface area (Å²) in [5.41, 5.74) is 2.55. The van der Waals surface area contributed by atoms with E-state index in [1.807, 2.05) is 18.2 Å². The molecule has 1 aliphatic rings. The van der Waals surface area contributed by atoms with Gasteiger partial charge in [0, 0.05) is 18.5 Å². The molecule has 0 fully saturated rings. The fraction of sp³-hybridized carbons (Fsp3) is 0.286. The Morgan fingerprint density at radius 3 is 2.52 bits per heavy atom. The Kier molecular flexibility index (Phi) is 5.21. The van der Waals surface area contributed by atoms with Crippen LogP contribution in [0.2, 0.25) is 0 Å². The number of aromatic nitrogens is 2. The van der Waals surface area contributed by atoms with Crippen LogP contribution in [0.3, 0.4) is 0 Å². The summed E-state index contributed by atoms with van der Waals surface area (Å²) < 4.78 is 39.6. The Morgan fingerprint density at radius 1 is 1.07 bits per heavy atom. The van der Waals surface area contributed by atoms with Gasteiger partial charge in [-0.05, 0) is 30.5 Å². The fourth-order valence-corrected chi connectivity index (χ4v) is 4.45. The molecule has 2 heterocycles. The third-order valence-corrected chi connectivity index (χ3v) is 5.99. The third kappa shape index (κ3) is 4.07. The molecule has 0 saturated carbocycles. The molecule has 8 heteroatoms. The number of rotatable bonds is 3. The minimum atomic E-state index is -4.65. The van der Waals surface area contributed by atoms with Gasteiger partial charge in [-0.25, -0.2) is 9.97 Å². The first-order valence-electron chi connectivity index (χ1n) is 9.19. The Morgan fingerprint density at radius 2 is 1.76 bits per heavy atom. The number of benzene rings is 2. The Balaban J connectivity index is 1.59. The fourth-order valence-electron chi connectivity index (χ4n) is 3.42. The molecule has 4 rings (SSSR count). The van der Waals surface area contributed by atoms with Crippen LogP contribution in [0.5, 0.6) is 0 Å². The van der Waals surface area contributed by atoms with Gasteiger partial charge in [0.1, 0.15) is 5.03 Å². The summed E-state index contributed by atoms with van der Waals surface area (Å²) in [5.74, 6) is -1.30. The Labute approximate surface area is 170 Å². The maximum absolute atomic E-state index is 13.2. The first-order chi connectivity index (χ1) is 13.8. The van der Waals surface area contributed by atoms with E-state index >= 15 is 0 Å². The molecule has 2 aromatic carbocycles. The zero-order valence-corrected chi connectivity index (χ0v) is 16.4. The van der Waals surface area contributed by atoms with Crippen LogP contribution in [0, 0.1) is 0 Å². The van der Waals surface area contributed by atoms with Gasteiger partial charge in [-0.1, -0.05) is 54.2 Å². The van der Waals surface area contributed by atoms with Gasteiger partial charge in [-0.15, -0.1) is 0 Å². The van der Waals surface area contributed by atoms with Crippen molar-refractivity contribution in [2.75, 3.05) is 6.54 Å². The summed E-state index contributed by atoms with van der Waals surface area (Å²) in [6.45, 7) is 2.81. The topological polar surface area (TPSA) is 46.1 Å². The maximum atomic E-state index is 13.2. The molecule has 1 unspecified atom stereocenters. The number of hydrogen-bond acceptors (Lipinski definition) is 4. The van der Waals surface area contributed by atoms with Crippen molar-refractivity contribution in [3.63, 3.8) is 0 Å². The molecular formula is C21H18F3N3OS. The van der Waals surface area contributed by atoms with E-state index in [9.17, 15) is 18.0 Å². The van der Waals surface area contributed by atoms with Crippen molar-refractivity contribution >= 4 is 28.6 Å². The number of amides is 1. The average Bonchev–Trinajstić information content (AvgIpc) is 2.72. The van der Waals surface area contributed by atoms with Crippen molar-refractivity contribution in [3.8, 4) is 0 Å². The first kappa shape index (κ1) is 19.7. The van der Waals surface area contributed by atoms with Gasteiger partial charge >= 0.3 is 6.18 Å². The summed E-state index contributed by atoms with van der Waals surface area (Å²) in [5, 5.41) is 0.106.